The average molecular weight is 350 g/mol. The summed E-state index contributed by atoms with van der Waals surface area (Å²) in [6, 6.07) is 15.9. The number of benzene rings is 2. The number of hydrogen-bond donors (Lipinski definition) is 1. The summed E-state index contributed by atoms with van der Waals surface area (Å²) in [5.41, 5.74) is 2.46. The van der Waals surface area contributed by atoms with Crippen LogP contribution in [0.4, 0.5) is 4.39 Å². The number of rotatable bonds is 6. The lowest BCUT2D eigenvalue weighted by Crippen LogP contribution is -2.21. The molecule has 0 aromatic heterocycles. The highest BCUT2D eigenvalue weighted by Gasteiger charge is 2.09. The van der Waals surface area contributed by atoms with Gasteiger partial charge in [0.25, 0.3) is 0 Å². The molecule has 0 aliphatic carbocycles. The summed E-state index contributed by atoms with van der Waals surface area (Å²) in [6.45, 7) is 5.29. The van der Waals surface area contributed by atoms with Gasteiger partial charge in [-0.2, -0.15) is 0 Å². The first-order valence-electron chi connectivity index (χ1n) is 7.31. The van der Waals surface area contributed by atoms with Gasteiger partial charge in [0.2, 0.25) is 0 Å². The van der Waals surface area contributed by atoms with Crippen molar-refractivity contribution in [2.24, 2.45) is 0 Å². The predicted molar refractivity (Wildman–Crippen MR) is 90.0 cm³/mol. The molecule has 0 fully saturated rings. The van der Waals surface area contributed by atoms with Crippen LogP contribution >= 0.6 is 15.9 Å². The van der Waals surface area contributed by atoms with Crippen LogP contribution in [0.15, 0.2) is 53.0 Å². The van der Waals surface area contributed by atoms with Crippen molar-refractivity contribution in [1.82, 2.24) is 5.32 Å². The van der Waals surface area contributed by atoms with Crippen molar-refractivity contribution in [1.29, 1.82) is 0 Å². The molecule has 0 amide bonds. The van der Waals surface area contributed by atoms with E-state index < -0.39 is 0 Å². The summed E-state index contributed by atoms with van der Waals surface area (Å²) in [6.07, 6.45) is 1.08. The summed E-state index contributed by atoms with van der Waals surface area (Å²) >= 11 is 3.23. The maximum atomic E-state index is 13.2. The van der Waals surface area contributed by atoms with Gasteiger partial charge < -0.3 is 5.32 Å². The molecule has 2 rings (SSSR count). The predicted octanol–water partition coefficient (Wildman–Crippen LogP) is 5.43. The number of halogens is 2. The van der Waals surface area contributed by atoms with Gasteiger partial charge in [-0.15, -0.1) is 0 Å². The zero-order valence-electron chi connectivity index (χ0n) is 12.4. The quantitative estimate of drug-likeness (QED) is 0.732. The maximum absolute atomic E-state index is 13.2. The summed E-state index contributed by atoms with van der Waals surface area (Å²) < 4.78 is 13.8. The molecule has 2 aromatic carbocycles. The van der Waals surface area contributed by atoms with E-state index in [1.165, 1.54) is 11.6 Å². The van der Waals surface area contributed by atoms with E-state index in [2.05, 4.69) is 59.4 Å². The van der Waals surface area contributed by atoms with E-state index >= 15 is 0 Å². The minimum atomic E-state index is -0.219. The van der Waals surface area contributed by atoms with Crippen LogP contribution in [0, 0.1) is 5.82 Å². The molecule has 2 atom stereocenters. The van der Waals surface area contributed by atoms with Crippen molar-refractivity contribution in [3.05, 3.63) is 69.9 Å². The molecule has 21 heavy (non-hydrogen) atoms. The van der Waals surface area contributed by atoms with Gasteiger partial charge in [0.05, 0.1) is 4.47 Å². The van der Waals surface area contributed by atoms with Crippen LogP contribution in [-0.4, -0.2) is 6.54 Å². The summed E-state index contributed by atoms with van der Waals surface area (Å²) in [4.78, 5) is 0. The first kappa shape index (κ1) is 16.2. The van der Waals surface area contributed by atoms with Gasteiger partial charge in [0.1, 0.15) is 5.82 Å². The SMILES string of the molecule is CC(CCNC(C)c1ccc(F)c(Br)c1)c1ccccc1. The highest BCUT2D eigenvalue weighted by atomic mass is 79.9. The zero-order chi connectivity index (χ0) is 15.2. The second kappa shape index (κ2) is 7.71. The Hall–Kier alpha value is -1.19. The van der Waals surface area contributed by atoms with Gasteiger partial charge >= 0.3 is 0 Å². The van der Waals surface area contributed by atoms with E-state index in [0.717, 1.165) is 18.5 Å². The van der Waals surface area contributed by atoms with Gasteiger partial charge in [-0.05, 0) is 65.0 Å². The molecule has 1 nitrogen and oxygen atoms in total. The van der Waals surface area contributed by atoms with Gasteiger partial charge in [-0.1, -0.05) is 43.3 Å². The third-order valence-corrected chi connectivity index (χ3v) is 4.45. The topological polar surface area (TPSA) is 12.0 Å². The van der Waals surface area contributed by atoms with Crippen molar-refractivity contribution >= 4 is 15.9 Å². The molecule has 0 spiro atoms. The molecular formula is C18H21BrFN. The monoisotopic (exact) mass is 349 g/mol. The third-order valence-electron chi connectivity index (χ3n) is 3.84. The lowest BCUT2D eigenvalue weighted by Gasteiger charge is -2.17. The first-order chi connectivity index (χ1) is 10.1. The Morgan fingerprint density at radius 1 is 1.05 bits per heavy atom. The molecule has 0 bridgehead atoms. The summed E-state index contributed by atoms with van der Waals surface area (Å²) in [5, 5.41) is 3.50. The molecule has 2 aromatic rings. The highest BCUT2D eigenvalue weighted by Crippen LogP contribution is 2.22. The van der Waals surface area contributed by atoms with Crippen molar-refractivity contribution in [2.45, 2.75) is 32.2 Å². The minimum Gasteiger partial charge on any atom is -0.310 e. The molecule has 0 saturated carbocycles. The van der Waals surface area contributed by atoms with E-state index in [1.54, 1.807) is 0 Å². The summed E-state index contributed by atoms with van der Waals surface area (Å²) in [5.74, 6) is 0.314. The van der Waals surface area contributed by atoms with Crippen LogP contribution in [0.2, 0.25) is 0 Å². The fourth-order valence-corrected chi connectivity index (χ4v) is 2.76. The van der Waals surface area contributed by atoms with Crippen LogP contribution in [-0.2, 0) is 0 Å². The molecule has 0 aliphatic heterocycles. The van der Waals surface area contributed by atoms with E-state index in [1.807, 2.05) is 18.2 Å². The van der Waals surface area contributed by atoms with Crippen LogP contribution in [0.3, 0.4) is 0 Å². The Morgan fingerprint density at radius 3 is 2.43 bits per heavy atom. The smallest absolute Gasteiger partial charge is 0.137 e. The Bertz CT molecular complexity index is 571. The molecular weight excluding hydrogens is 329 g/mol. The molecule has 0 heterocycles. The van der Waals surface area contributed by atoms with Gasteiger partial charge in [0.15, 0.2) is 0 Å². The van der Waals surface area contributed by atoms with E-state index in [4.69, 9.17) is 0 Å². The van der Waals surface area contributed by atoms with Crippen molar-refractivity contribution in [3.63, 3.8) is 0 Å². The molecule has 3 heteroatoms. The summed E-state index contributed by atoms with van der Waals surface area (Å²) in [7, 11) is 0. The second-order valence-corrected chi connectivity index (χ2v) is 6.30. The fourth-order valence-electron chi connectivity index (χ4n) is 2.36. The zero-order valence-corrected chi connectivity index (χ0v) is 14.0. The highest BCUT2D eigenvalue weighted by molar-refractivity contribution is 9.10. The number of nitrogens with one attached hydrogen (secondary N) is 1. The fraction of sp³-hybridized carbons (Fsp3) is 0.333. The van der Waals surface area contributed by atoms with E-state index in [9.17, 15) is 4.39 Å². The Kier molecular flexibility index (Phi) is 5.95. The van der Waals surface area contributed by atoms with E-state index in [-0.39, 0.29) is 11.9 Å². The Morgan fingerprint density at radius 2 is 1.76 bits per heavy atom. The lowest BCUT2D eigenvalue weighted by molar-refractivity contribution is 0.529. The minimum absolute atomic E-state index is 0.213. The average Bonchev–Trinajstić information content (AvgIpc) is 2.50. The lowest BCUT2D eigenvalue weighted by atomic mass is 9.98. The van der Waals surface area contributed by atoms with Gasteiger partial charge in [-0.25, -0.2) is 4.39 Å². The maximum Gasteiger partial charge on any atom is 0.137 e. The molecule has 0 saturated heterocycles. The Balaban J connectivity index is 1.84. The van der Waals surface area contributed by atoms with Crippen LogP contribution in [0.25, 0.3) is 0 Å². The Labute approximate surface area is 134 Å². The molecule has 112 valence electrons. The van der Waals surface area contributed by atoms with Gasteiger partial charge in [0, 0.05) is 6.04 Å². The molecule has 1 N–H and O–H groups in total. The third kappa shape index (κ3) is 4.65. The van der Waals surface area contributed by atoms with Crippen LogP contribution in [0.5, 0.6) is 0 Å². The number of hydrogen-bond acceptors (Lipinski definition) is 1. The van der Waals surface area contributed by atoms with Crippen molar-refractivity contribution in [2.75, 3.05) is 6.54 Å². The second-order valence-electron chi connectivity index (χ2n) is 5.45. The normalized spacial score (nSPS) is 13.9. The van der Waals surface area contributed by atoms with Crippen molar-refractivity contribution in [3.8, 4) is 0 Å². The molecule has 0 radical (unpaired) electrons. The first-order valence-corrected chi connectivity index (χ1v) is 8.10. The largest absolute Gasteiger partial charge is 0.310 e. The van der Waals surface area contributed by atoms with E-state index in [0.29, 0.717) is 10.4 Å². The van der Waals surface area contributed by atoms with Crippen LogP contribution in [0.1, 0.15) is 43.4 Å². The van der Waals surface area contributed by atoms with Gasteiger partial charge in [-0.3, -0.25) is 0 Å². The molecule has 2 unspecified atom stereocenters. The van der Waals surface area contributed by atoms with Crippen molar-refractivity contribution < 1.29 is 4.39 Å². The standard InChI is InChI=1S/C18H21BrFN/c1-13(15-6-4-3-5-7-15)10-11-21-14(2)16-8-9-18(20)17(19)12-16/h3-9,12-14,21H,10-11H2,1-2H3. The van der Waals surface area contributed by atoms with Crippen LogP contribution < -0.4 is 5.32 Å². The molecule has 0 aliphatic rings.